The maximum Gasteiger partial charge on any atom is 0.490 e. The van der Waals surface area contributed by atoms with Crippen LogP contribution >= 0.6 is 15.7 Å². The van der Waals surface area contributed by atoms with E-state index in [1.807, 2.05) is 0 Å². The van der Waals surface area contributed by atoms with E-state index in [-0.39, 0.29) is 4.86 Å². The molecule has 0 fully saturated rings. The molecule has 0 aromatic carbocycles. The molecule has 0 aromatic heterocycles. The number of rotatable bonds is 4. The molecule has 110 valence electrons. The average molecular weight is 333 g/mol. The van der Waals surface area contributed by atoms with Crippen LogP contribution in [0.4, 0.5) is 38.9 Å². The lowest BCUT2D eigenvalue weighted by atomic mass is 10.3. The first-order valence-corrected chi connectivity index (χ1v) is 6.45. The second kappa shape index (κ2) is 5.03. The molecule has 0 aliphatic rings. The second-order valence-corrected chi connectivity index (χ2v) is 5.51. The Morgan fingerprint density at radius 2 is 1.22 bits per heavy atom. The lowest BCUT2D eigenvalue weighted by Gasteiger charge is -2.24. The van der Waals surface area contributed by atoms with Gasteiger partial charge in [-0.1, -0.05) is 0 Å². The molecular weight excluding hydrogens is 331 g/mol. The highest BCUT2D eigenvalue weighted by Crippen LogP contribution is 2.61. The summed E-state index contributed by atoms with van der Waals surface area (Å²) >= 11 is 0. The zero-order valence-electron chi connectivity index (χ0n) is 7.60. The van der Waals surface area contributed by atoms with E-state index in [0.29, 0.717) is 0 Å². The van der Waals surface area contributed by atoms with Gasteiger partial charge < -0.3 is 0 Å². The third-order valence-corrected chi connectivity index (χ3v) is 3.44. The molecule has 0 rings (SSSR count). The molecule has 0 spiro atoms. The van der Waals surface area contributed by atoms with Gasteiger partial charge in [-0.05, 0) is 0 Å². The topological polar surface area (TPSA) is 55.4 Å². The first kappa shape index (κ1) is 17.8. The van der Waals surface area contributed by atoms with Gasteiger partial charge in [0.05, 0.1) is 0 Å². The summed E-state index contributed by atoms with van der Waals surface area (Å²) in [5.74, 6) is 0. The maximum atomic E-state index is 12.5. The summed E-state index contributed by atoms with van der Waals surface area (Å²) in [6.45, 7) is 0. The number of alkyl halides is 6. The lowest BCUT2D eigenvalue weighted by molar-refractivity contribution is -0.301. The van der Waals surface area contributed by atoms with E-state index >= 15 is 0 Å². The van der Waals surface area contributed by atoms with Crippen LogP contribution in [0.5, 0.6) is 0 Å². The Balaban J connectivity index is 5.14. The third kappa shape index (κ3) is 6.62. The van der Waals surface area contributed by atoms with Crippen LogP contribution in [-0.2, 0) is 13.7 Å². The lowest BCUT2D eigenvalue weighted by Crippen LogP contribution is -2.43. The van der Waals surface area contributed by atoms with Gasteiger partial charge >= 0.3 is 28.1 Å². The third-order valence-electron chi connectivity index (χ3n) is 1.07. The molecule has 0 amide bonds. The van der Waals surface area contributed by atoms with Crippen molar-refractivity contribution < 1.29 is 52.6 Å². The highest BCUT2D eigenvalue weighted by atomic mass is 31.3. The number of halogens is 9. The van der Waals surface area contributed by atoms with E-state index in [9.17, 15) is 48.1 Å². The summed E-state index contributed by atoms with van der Waals surface area (Å²) in [6, 6.07) is 0. The van der Waals surface area contributed by atoms with E-state index in [2.05, 4.69) is 4.52 Å². The number of hydrogen-bond donors (Lipinski definition) is 1. The fraction of sp³-hybridized carbons (Fsp3) is 1.00. The Morgan fingerprint density at radius 3 is 1.44 bits per heavy atom. The molecule has 0 saturated carbocycles. The van der Waals surface area contributed by atoms with Gasteiger partial charge in [-0.3, -0.25) is 4.52 Å². The molecule has 0 saturated heterocycles. The van der Waals surface area contributed by atoms with Crippen LogP contribution in [0, 0.1) is 0 Å². The normalized spacial score (nSPS) is 17.9. The summed E-state index contributed by atoms with van der Waals surface area (Å²) in [5, 5.41) is 0. The van der Waals surface area contributed by atoms with Crippen molar-refractivity contribution in [1.29, 1.82) is 0 Å². The zero-order valence-corrected chi connectivity index (χ0v) is 9.39. The van der Waals surface area contributed by atoms with Gasteiger partial charge in [0.1, 0.15) is 0 Å². The molecule has 0 bridgehead atoms. The summed E-state index contributed by atoms with van der Waals surface area (Å²) in [5.41, 5.74) is 0. The summed E-state index contributed by atoms with van der Waals surface area (Å²) < 4.78 is 129. The zero-order chi connectivity index (χ0) is 15.0. The van der Waals surface area contributed by atoms with Gasteiger partial charge in [0.2, 0.25) is 0 Å². The standard InChI is InChI=1S/C3H2F9NO3P2/c4-2(5,6)1(3(7,8)9)16-18(12,15)13-17(10,11)14/h1H,(H,13,14,15). The van der Waals surface area contributed by atoms with Crippen molar-refractivity contribution in [2.45, 2.75) is 18.5 Å². The smallest absolute Gasteiger partial charge is 0.270 e. The Morgan fingerprint density at radius 1 is 0.889 bits per heavy atom. The van der Waals surface area contributed by atoms with Crippen molar-refractivity contribution in [3.8, 4) is 0 Å². The van der Waals surface area contributed by atoms with Crippen LogP contribution in [0.25, 0.3) is 0 Å². The first-order valence-electron chi connectivity index (χ1n) is 3.45. The first-order chi connectivity index (χ1) is 7.55. The van der Waals surface area contributed by atoms with Gasteiger partial charge in [0.15, 0.2) is 0 Å². The summed E-state index contributed by atoms with van der Waals surface area (Å²) in [7, 11) is -13.5. The van der Waals surface area contributed by atoms with Crippen LogP contribution < -0.4 is 4.86 Å². The van der Waals surface area contributed by atoms with Crippen molar-refractivity contribution in [1.82, 2.24) is 4.86 Å². The van der Waals surface area contributed by atoms with Gasteiger partial charge in [-0.15, -0.1) is 17.4 Å². The van der Waals surface area contributed by atoms with E-state index in [1.54, 1.807) is 0 Å². The molecule has 1 unspecified atom stereocenters. The summed E-state index contributed by atoms with van der Waals surface area (Å²) in [6.07, 6.45) is -17.4. The monoisotopic (exact) mass is 333 g/mol. The number of hydrogen-bond acceptors (Lipinski definition) is 3. The van der Waals surface area contributed by atoms with Crippen LogP contribution in [0.3, 0.4) is 0 Å². The predicted molar refractivity (Wildman–Crippen MR) is 38.7 cm³/mol. The average Bonchev–Trinajstić information content (AvgIpc) is 1.90. The van der Waals surface area contributed by atoms with Crippen LogP contribution in [0.1, 0.15) is 0 Å². The molecule has 0 aromatic rings. The van der Waals surface area contributed by atoms with Gasteiger partial charge in [0.25, 0.3) is 6.10 Å². The second-order valence-electron chi connectivity index (χ2n) is 2.61. The minimum absolute atomic E-state index is 0.341. The Hall–Kier alpha value is -0.250. The van der Waals surface area contributed by atoms with Crippen LogP contribution in [0.2, 0.25) is 0 Å². The molecule has 4 nitrogen and oxygen atoms in total. The molecule has 1 atom stereocenters. The molecule has 18 heavy (non-hydrogen) atoms. The highest BCUT2D eigenvalue weighted by Gasteiger charge is 2.61. The van der Waals surface area contributed by atoms with E-state index < -0.39 is 34.2 Å². The molecular formula is C3H2F9NO3P2. The minimum Gasteiger partial charge on any atom is -0.270 e. The van der Waals surface area contributed by atoms with Gasteiger partial charge in [-0.25, -0.2) is 9.13 Å². The minimum atomic E-state index is -6.77. The van der Waals surface area contributed by atoms with Crippen LogP contribution in [0.15, 0.2) is 0 Å². The number of nitrogens with one attached hydrogen (secondary N) is 1. The van der Waals surface area contributed by atoms with Crippen molar-refractivity contribution in [2.24, 2.45) is 0 Å². The Kier molecular flexibility index (Phi) is 4.96. The van der Waals surface area contributed by atoms with E-state index in [0.717, 1.165) is 0 Å². The Bertz CT molecular complexity index is 369. The highest BCUT2D eigenvalue weighted by molar-refractivity contribution is 7.67. The quantitative estimate of drug-likeness (QED) is 0.619. The molecule has 15 heteroatoms. The van der Waals surface area contributed by atoms with Crippen LogP contribution in [-0.4, -0.2) is 18.5 Å². The van der Waals surface area contributed by atoms with Gasteiger partial charge in [-0.2, -0.15) is 26.3 Å². The van der Waals surface area contributed by atoms with Crippen molar-refractivity contribution in [3.63, 3.8) is 0 Å². The predicted octanol–water partition coefficient (Wildman–Crippen LogP) is 4.21. The van der Waals surface area contributed by atoms with E-state index in [4.69, 9.17) is 0 Å². The van der Waals surface area contributed by atoms with Crippen molar-refractivity contribution in [3.05, 3.63) is 0 Å². The maximum absolute atomic E-state index is 12.5. The molecule has 0 heterocycles. The molecule has 0 aliphatic carbocycles. The van der Waals surface area contributed by atoms with Crippen molar-refractivity contribution >= 4 is 15.7 Å². The molecule has 0 radical (unpaired) electrons. The molecule has 0 aliphatic heterocycles. The fourth-order valence-electron chi connectivity index (χ4n) is 0.603. The van der Waals surface area contributed by atoms with E-state index in [1.165, 1.54) is 0 Å². The fourth-order valence-corrected chi connectivity index (χ4v) is 2.41. The van der Waals surface area contributed by atoms with Gasteiger partial charge in [0, 0.05) is 0 Å². The SMILES string of the molecule is O=P(F)(F)NP(=O)(F)OC(C(F)(F)F)C(F)(F)F. The van der Waals surface area contributed by atoms with Crippen molar-refractivity contribution in [2.75, 3.05) is 0 Å². The molecule has 1 N–H and O–H groups in total. The Labute approximate surface area is 92.8 Å². The largest absolute Gasteiger partial charge is 0.490 e. The summed E-state index contributed by atoms with van der Waals surface area (Å²) in [4.78, 5) is -0.341.